The standard InChI is InChI=1S/C21H22N2O3.C19H16O4.C19H18O3.C18H17NO2.CH4/c1-21(2,3)23-11-10-22-20(26)13-8-9-16-17(12-13)19(25)15-7-5-4-6-14(15)18(16)24;1-19(2,3)23-18(22)11-8-9-14-15(10-11)17(21)13-7-5-4-6-12(13)16(14)20;1-19(2,3)22-11-12-8-9-15-16(10-12)18(21)14-7-5-4-6-13(14)17(15)20;1-18(2,3)19-14-10-6-9-13-15(14)17(21)12-8-5-4-7-11(12)16(13)20;/h4-9,12,23H,10-11H2,1-3H3,(H,22,26);4-10H,1-3H3;4-10H,11H2,1-3H3;4-10,19H,1-3H3;1H4. The molecule has 0 radical (unpaired) electrons. The first-order valence-corrected chi connectivity index (χ1v) is 30.3. The zero-order valence-electron chi connectivity index (χ0n) is 53.7. The van der Waals surface area contributed by atoms with E-state index in [9.17, 15) is 47.9 Å². The first-order chi connectivity index (χ1) is 43.3. The molecule has 4 aliphatic carbocycles. The molecule has 12 rings (SSSR count). The lowest BCUT2D eigenvalue weighted by molar-refractivity contribution is -0.0150. The van der Waals surface area contributed by atoms with Crippen LogP contribution in [0.3, 0.4) is 0 Å². The molecule has 0 fully saturated rings. The van der Waals surface area contributed by atoms with Crippen molar-refractivity contribution in [3.63, 3.8) is 0 Å². The Morgan fingerprint density at radius 3 is 1.12 bits per heavy atom. The van der Waals surface area contributed by atoms with Crippen molar-refractivity contribution in [1.82, 2.24) is 10.6 Å². The maximum absolute atomic E-state index is 12.8. The number of anilines is 1. The number of ether oxygens (including phenoxy) is 2. The molecule has 93 heavy (non-hydrogen) atoms. The van der Waals surface area contributed by atoms with E-state index < -0.39 is 11.6 Å². The van der Waals surface area contributed by atoms with Gasteiger partial charge in [0, 0.05) is 119 Å². The van der Waals surface area contributed by atoms with Gasteiger partial charge in [-0.25, -0.2) is 4.79 Å². The predicted molar refractivity (Wildman–Crippen MR) is 359 cm³/mol. The lowest BCUT2D eigenvalue weighted by Crippen LogP contribution is -2.41. The van der Waals surface area contributed by atoms with Gasteiger partial charge in [-0.15, -0.1) is 0 Å². The molecule has 4 aliphatic rings. The van der Waals surface area contributed by atoms with Gasteiger partial charge in [0.2, 0.25) is 0 Å². The highest BCUT2D eigenvalue weighted by Crippen LogP contribution is 2.35. The van der Waals surface area contributed by atoms with Gasteiger partial charge < -0.3 is 25.4 Å². The highest BCUT2D eigenvalue weighted by molar-refractivity contribution is 6.32. The molecule has 0 spiro atoms. The lowest BCUT2D eigenvalue weighted by atomic mass is 9.83. The van der Waals surface area contributed by atoms with Crippen LogP contribution in [-0.2, 0) is 16.1 Å². The van der Waals surface area contributed by atoms with Gasteiger partial charge in [-0.1, -0.05) is 123 Å². The van der Waals surface area contributed by atoms with Crippen molar-refractivity contribution in [2.24, 2.45) is 0 Å². The van der Waals surface area contributed by atoms with Crippen LogP contribution in [0.15, 0.2) is 170 Å². The van der Waals surface area contributed by atoms with Crippen molar-refractivity contribution >= 4 is 63.8 Å². The smallest absolute Gasteiger partial charge is 0.338 e. The van der Waals surface area contributed by atoms with E-state index in [0.29, 0.717) is 109 Å². The van der Waals surface area contributed by atoms with Crippen LogP contribution in [0.5, 0.6) is 0 Å². The molecule has 0 aliphatic heterocycles. The summed E-state index contributed by atoms with van der Waals surface area (Å²) in [6.07, 6.45) is 0. The minimum absolute atomic E-state index is 0. The summed E-state index contributed by atoms with van der Waals surface area (Å²) >= 11 is 0. The number of hydrogen-bond donors (Lipinski definition) is 3. The maximum atomic E-state index is 12.8. The van der Waals surface area contributed by atoms with Gasteiger partial charge >= 0.3 is 5.97 Å². The molecule has 0 unspecified atom stereocenters. The number of fused-ring (bicyclic) bond motifs is 8. The molecule has 8 aromatic rings. The second-order valence-corrected chi connectivity index (χ2v) is 26.7. The topological polar surface area (TPSA) is 225 Å². The van der Waals surface area contributed by atoms with Gasteiger partial charge in [-0.3, -0.25) is 43.2 Å². The highest BCUT2D eigenvalue weighted by atomic mass is 16.6. The fraction of sp³-hybridized carbons (Fsp3) is 0.256. The van der Waals surface area contributed by atoms with Crippen molar-refractivity contribution in [1.29, 1.82) is 0 Å². The zero-order valence-corrected chi connectivity index (χ0v) is 53.7. The molecule has 0 heterocycles. The first kappa shape index (κ1) is 68.7. The van der Waals surface area contributed by atoms with Crippen molar-refractivity contribution in [2.45, 2.75) is 119 Å². The summed E-state index contributed by atoms with van der Waals surface area (Å²) in [5.74, 6) is -1.99. The number of amides is 1. The fourth-order valence-electron chi connectivity index (χ4n) is 10.7. The minimum atomic E-state index is -0.626. The largest absolute Gasteiger partial charge is 0.456 e. The highest BCUT2D eigenvalue weighted by Gasteiger charge is 2.35. The van der Waals surface area contributed by atoms with Crippen LogP contribution in [0.4, 0.5) is 5.69 Å². The number of hydrogen-bond acceptors (Lipinski definition) is 14. The fourth-order valence-corrected chi connectivity index (χ4v) is 10.7. The molecule has 1 amide bonds. The number of nitrogens with one attached hydrogen (secondary N) is 3. The van der Waals surface area contributed by atoms with E-state index in [1.807, 2.05) is 59.7 Å². The summed E-state index contributed by atoms with van der Waals surface area (Å²) in [5, 5.41) is 9.43. The minimum Gasteiger partial charge on any atom is -0.456 e. The average molecular weight is 1250 g/mol. The summed E-state index contributed by atoms with van der Waals surface area (Å²) in [5.41, 5.74) is 7.79. The number of carbonyl (C=O) groups excluding carboxylic acids is 10. The molecular weight excluding hydrogens is 1170 g/mol. The van der Waals surface area contributed by atoms with Crippen LogP contribution in [-0.4, -0.2) is 93.5 Å². The van der Waals surface area contributed by atoms with Gasteiger partial charge in [0.15, 0.2) is 46.3 Å². The molecule has 3 N–H and O–H groups in total. The third-order valence-corrected chi connectivity index (χ3v) is 14.9. The lowest BCUT2D eigenvalue weighted by Gasteiger charge is -2.26. The summed E-state index contributed by atoms with van der Waals surface area (Å²) < 4.78 is 11.1. The Hall–Kier alpha value is -10.2. The molecule has 0 aromatic heterocycles. The van der Waals surface area contributed by atoms with Crippen LogP contribution in [0.2, 0.25) is 0 Å². The quantitative estimate of drug-likeness (QED) is 0.0951. The van der Waals surface area contributed by atoms with Crippen LogP contribution in [0.1, 0.15) is 244 Å². The Kier molecular flexibility index (Phi) is 20.2. The third kappa shape index (κ3) is 15.6. The van der Waals surface area contributed by atoms with Crippen LogP contribution in [0, 0.1) is 0 Å². The van der Waals surface area contributed by atoms with E-state index in [1.165, 1.54) is 24.3 Å². The first-order valence-electron chi connectivity index (χ1n) is 30.3. The summed E-state index contributed by atoms with van der Waals surface area (Å²) in [6.45, 7) is 25.0. The van der Waals surface area contributed by atoms with Crippen LogP contribution in [0.25, 0.3) is 0 Å². The van der Waals surface area contributed by atoms with Crippen LogP contribution >= 0.6 is 0 Å². The van der Waals surface area contributed by atoms with E-state index in [2.05, 4.69) is 36.7 Å². The van der Waals surface area contributed by atoms with Gasteiger partial charge in [-0.2, -0.15) is 0 Å². The number of rotatable bonds is 8. The van der Waals surface area contributed by atoms with E-state index in [-0.39, 0.29) is 93.0 Å². The Balaban J connectivity index is 0.000000159. The molecule has 15 nitrogen and oxygen atoms in total. The molecule has 0 atom stereocenters. The van der Waals surface area contributed by atoms with E-state index in [0.717, 1.165) is 5.56 Å². The second-order valence-electron chi connectivity index (χ2n) is 26.7. The normalized spacial score (nSPS) is 13.3. The second kappa shape index (κ2) is 27.3. The van der Waals surface area contributed by atoms with Gasteiger partial charge in [0.25, 0.3) is 5.91 Å². The van der Waals surface area contributed by atoms with E-state index in [4.69, 9.17) is 9.47 Å². The van der Waals surface area contributed by atoms with Crippen molar-refractivity contribution in [2.75, 3.05) is 18.4 Å². The van der Waals surface area contributed by atoms with Crippen LogP contribution < -0.4 is 16.0 Å². The molecule has 476 valence electrons. The molecular formula is C78H77N3O12. The average Bonchev–Trinajstić information content (AvgIpc) is 0.791. The molecule has 0 saturated heterocycles. The van der Waals surface area contributed by atoms with E-state index in [1.54, 1.807) is 148 Å². The Labute approximate surface area is 542 Å². The van der Waals surface area contributed by atoms with Gasteiger partial charge in [-0.05, 0) is 143 Å². The Morgan fingerprint density at radius 2 is 0.710 bits per heavy atom. The Morgan fingerprint density at radius 1 is 0.355 bits per heavy atom. The van der Waals surface area contributed by atoms with E-state index >= 15 is 0 Å². The number of esters is 1. The predicted octanol–water partition coefficient (Wildman–Crippen LogP) is 14.1. The summed E-state index contributed by atoms with van der Waals surface area (Å²) in [4.78, 5) is 125. The molecule has 8 aromatic carbocycles. The number of ketones is 8. The number of carbonyl (C=O) groups is 10. The van der Waals surface area contributed by atoms with Crippen molar-refractivity contribution in [3.05, 3.63) is 276 Å². The van der Waals surface area contributed by atoms with Crippen molar-refractivity contribution < 1.29 is 57.4 Å². The summed E-state index contributed by atoms with van der Waals surface area (Å²) in [7, 11) is 0. The maximum Gasteiger partial charge on any atom is 0.338 e. The summed E-state index contributed by atoms with van der Waals surface area (Å²) in [6, 6.07) is 47.3. The molecule has 15 heteroatoms. The number of benzene rings is 8. The Bertz CT molecular complexity index is 4370. The monoisotopic (exact) mass is 1250 g/mol. The zero-order chi connectivity index (χ0) is 66.8. The van der Waals surface area contributed by atoms with Gasteiger partial charge in [0.05, 0.1) is 23.3 Å². The SMILES string of the molecule is C.CC(C)(C)NCCNC(=O)c1ccc2c(c1)C(=O)c1ccccc1C2=O.CC(C)(C)Nc1cccc2c1C(=O)c1ccccc1C2=O.CC(C)(C)OC(=O)c1ccc2c(c1)C(=O)c1ccccc1C2=O.CC(C)(C)OCc1ccc2c(c1)C(=O)c1ccccc1C2=O. The van der Waals surface area contributed by atoms with Crippen molar-refractivity contribution in [3.8, 4) is 0 Å². The third-order valence-electron chi connectivity index (χ3n) is 14.9. The molecule has 0 saturated carbocycles. The van der Waals surface area contributed by atoms with Gasteiger partial charge in [0.1, 0.15) is 5.60 Å². The molecule has 0 bridgehead atoms.